The van der Waals surface area contributed by atoms with Gasteiger partial charge >= 0.3 is 0 Å². The van der Waals surface area contributed by atoms with Crippen LogP contribution in [-0.2, 0) is 6.42 Å². The Hall–Kier alpha value is -1.28. The van der Waals surface area contributed by atoms with E-state index in [1.165, 1.54) is 53.7 Å². The van der Waals surface area contributed by atoms with E-state index >= 15 is 0 Å². The number of H-pyrrole nitrogens is 1. The van der Waals surface area contributed by atoms with Crippen LogP contribution < -0.4 is 5.32 Å². The molecular weight excluding hydrogens is 208 g/mol. The van der Waals surface area contributed by atoms with Gasteiger partial charge in [0, 0.05) is 16.6 Å². The van der Waals surface area contributed by atoms with Gasteiger partial charge in [-0.25, -0.2) is 0 Å². The molecule has 17 heavy (non-hydrogen) atoms. The molecule has 1 fully saturated rings. The number of aryl methyl sites for hydroxylation is 2. The third-order valence-corrected chi connectivity index (χ3v) is 4.06. The Morgan fingerprint density at radius 2 is 2.18 bits per heavy atom. The Bertz CT molecular complexity index is 533. The second-order valence-electron chi connectivity index (χ2n) is 5.32. The summed E-state index contributed by atoms with van der Waals surface area (Å²) in [6, 6.07) is 6.89. The fraction of sp³-hybridized carbons (Fsp3) is 0.467. The SMILES string of the molecule is Cc1[nH]c2cc(CC3CCNC3)ccc2c1C. The summed E-state index contributed by atoms with van der Waals surface area (Å²) in [4.78, 5) is 3.48. The summed E-state index contributed by atoms with van der Waals surface area (Å²) in [6.45, 7) is 6.71. The van der Waals surface area contributed by atoms with Crippen LogP contribution in [0, 0.1) is 19.8 Å². The molecule has 1 aromatic carbocycles. The molecule has 0 aliphatic carbocycles. The first-order valence-corrected chi connectivity index (χ1v) is 6.52. The average Bonchev–Trinajstić information content (AvgIpc) is 2.89. The van der Waals surface area contributed by atoms with Crippen molar-refractivity contribution in [3.8, 4) is 0 Å². The number of benzene rings is 1. The predicted octanol–water partition coefficient (Wildman–Crippen LogP) is 2.94. The largest absolute Gasteiger partial charge is 0.358 e. The van der Waals surface area contributed by atoms with Gasteiger partial charge in [0.15, 0.2) is 0 Å². The van der Waals surface area contributed by atoms with Crippen molar-refractivity contribution < 1.29 is 0 Å². The lowest BCUT2D eigenvalue weighted by atomic mass is 9.98. The maximum absolute atomic E-state index is 3.48. The van der Waals surface area contributed by atoms with Crippen LogP contribution in [0.2, 0.25) is 0 Å². The van der Waals surface area contributed by atoms with Crippen molar-refractivity contribution in [3.05, 3.63) is 35.0 Å². The molecule has 1 aliphatic rings. The molecule has 2 N–H and O–H groups in total. The lowest BCUT2D eigenvalue weighted by molar-refractivity contribution is 0.580. The Balaban J connectivity index is 1.90. The first-order valence-electron chi connectivity index (χ1n) is 6.52. The molecular formula is C15H20N2. The van der Waals surface area contributed by atoms with Crippen LogP contribution >= 0.6 is 0 Å². The second-order valence-corrected chi connectivity index (χ2v) is 5.32. The van der Waals surface area contributed by atoms with E-state index in [0.717, 1.165) is 5.92 Å². The summed E-state index contributed by atoms with van der Waals surface area (Å²) in [5.74, 6) is 0.824. The molecule has 0 spiro atoms. The molecule has 3 rings (SSSR count). The minimum atomic E-state index is 0.824. The minimum Gasteiger partial charge on any atom is -0.358 e. The van der Waals surface area contributed by atoms with Crippen LogP contribution in [0.3, 0.4) is 0 Å². The molecule has 1 aromatic heterocycles. The molecule has 2 heteroatoms. The quantitative estimate of drug-likeness (QED) is 0.812. The maximum atomic E-state index is 3.48. The summed E-state index contributed by atoms with van der Waals surface area (Å²) < 4.78 is 0. The first-order chi connectivity index (χ1) is 8.24. The number of hydrogen-bond acceptors (Lipinski definition) is 1. The molecule has 0 radical (unpaired) electrons. The van der Waals surface area contributed by atoms with E-state index in [2.05, 4.69) is 42.3 Å². The van der Waals surface area contributed by atoms with E-state index < -0.39 is 0 Å². The lowest BCUT2D eigenvalue weighted by Crippen LogP contribution is -2.10. The van der Waals surface area contributed by atoms with Gasteiger partial charge in [-0.1, -0.05) is 12.1 Å². The highest BCUT2D eigenvalue weighted by atomic mass is 14.9. The third kappa shape index (κ3) is 1.98. The van der Waals surface area contributed by atoms with Crippen molar-refractivity contribution in [2.24, 2.45) is 5.92 Å². The summed E-state index contributed by atoms with van der Waals surface area (Å²) in [6.07, 6.45) is 2.53. The van der Waals surface area contributed by atoms with Gasteiger partial charge in [-0.2, -0.15) is 0 Å². The highest BCUT2D eigenvalue weighted by Gasteiger charge is 2.15. The highest BCUT2D eigenvalue weighted by molar-refractivity contribution is 5.84. The molecule has 0 saturated carbocycles. The molecule has 0 bridgehead atoms. The van der Waals surface area contributed by atoms with Crippen LogP contribution in [0.5, 0.6) is 0 Å². The molecule has 1 unspecified atom stereocenters. The number of nitrogens with one attached hydrogen (secondary N) is 2. The average molecular weight is 228 g/mol. The normalized spacial score (nSPS) is 20.2. The number of aromatic amines is 1. The Labute approximate surface area is 102 Å². The second kappa shape index (κ2) is 4.19. The molecule has 90 valence electrons. The van der Waals surface area contributed by atoms with Crippen molar-refractivity contribution in [2.45, 2.75) is 26.7 Å². The molecule has 1 atom stereocenters. The van der Waals surface area contributed by atoms with E-state index in [-0.39, 0.29) is 0 Å². The lowest BCUT2D eigenvalue weighted by Gasteiger charge is -2.08. The Morgan fingerprint density at radius 3 is 2.94 bits per heavy atom. The molecule has 1 aliphatic heterocycles. The third-order valence-electron chi connectivity index (χ3n) is 4.06. The molecule has 1 saturated heterocycles. The van der Waals surface area contributed by atoms with Crippen LogP contribution in [0.15, 0.2) is 18.2 Å². The van der Waals surface area contributed by atoms with E-state index in [4.69, 9.17) is 0 Å². The molecule has 0 amide bonds. The van der Waals surface area contributed by atoms with Crippen LogP contribution in [0.25, 0.3) is 10.9 Å². The smallest absolute Gasteiger partial charge is 0.0461 e. The van der Waals surface area contributed by atoms with Crippen molar-refractivity contribution in [2.75, 3.05) is 13.1 Å². The number of hydrogen-bond donors (Lipinski definition) is 2. The van der Waals surface area contributed by atoms with Crippen molar-refractivity contribution >= 4 is 10.9 Å². The van der Waals surface area contributed by atoms with Crippen molar-refractivity contribution in [1.82, 2.24) is 10.3 Å². The Kier molecular flexibility index (Phi) is 2.67. The number of fused-ring (bicyclic) bond motifs is 1. The molecule has 2 heterocycles. The summed E-state index contributed by atoms with van der Waals surface area (Å²) >= 11 is 0. The van der Waals surface area contributed by atoms with E-state index in [1.807, 2.05) is 0 Å². The zero-order chi connectivity index (χ0) is 11.8. The zero-order valence-corrected chi connectivity index (χ0v) is 10.6. The predicted molar refractivity (Wildman–Crippen MR) is 72.5 cm³/mol. The zero-order valence-electron chi connectivity index (χ0n) is 10.6. The van der Waals surface area contributed by atoms with Gasteiger partial charge in [0.2, 0.25) is 0 Å². The fourth-order valence-corrected chi connectivity index (χ4v) is 2.87. The van der Waals surface area contributed by atoms with Gasteiger partial charge in [-0.3, -0.25) is 0 Å². The van der Waals surface area contributed by atoms with Gasteiger partial charge in [0.05, 0.1) is 0 Å². The highest BCUT2D eigenvalue weighted by Crippen LogP contribution is 2.24. The van der Waals surface area contributed by atoms with Crippen LogP contribution in [0.4, 0.5) is 0 Å². The van der Waals surface area contributed by atoms with Gasteiger partial charge in [0.25, 0.3) is 0 Å². The maximum Gasteiger partial charge on any atom is 0.0461 e. The summed E-state index contributed by atoms with van der Waals surface area (Å²) in [5.41, 5.74) is 5.43. The van der Waals surface area contributed by atoms with Gasteiger partial charge < -0.3 is 10.3 Å². The summed E-state index contributed by atoms with van der Waals surface area (Å²) in [7, 11) is 0. The topological polar surface area (TPSA) is 27.8 Å². The van der Waals surface area contributed by atoms with Crippen LogP contribution in [-0.4, -0.2) is 18.1 Å². The summed E-state index contributed by atoms with van der Waals surface area (Å²) in [5, 5.41) is 4.81. The number of rotatable bonds is 2. The van der Waals surface area contributed by atoms with Gasteiger partial charge in [0.1, 0.15) is 0 Å². The van der Waals surface area contributed by atoms with Crippen molar-refractivity contribution in [3.63, 3.8) is 0 Å². The standard InChI is InChI=1S/C15H20N2/c1-10-11(2)17-15-8-12(3-4-14(10)15)7-13-5-6-16-9-13/h3-4,8,13,16-17H,5-7,9H2,1-2H3. The monoisotopic (exact) mass is 228 g/mol. The van der Waals surface area contributed by atoms with Crippen LogP contribution in [0.1, 0.15) is 23.2 Å². The fourth-order valence-electron chi connectivity index (χ4n) is 2.87. The van der Waals surface area contributed by atoms with E-state index in [9.17, 15) is 0 Å². The van der Waals surface area contributed by atoms with E-state index in [1.54, 1.807) is 0 Å². The van der Waals surface area contributed by atoms with Gasteiger partial charge in [-0.15, -0.1) is 0 Å². The Morgan fingerprint density at radius 1 is 1.29 bits per heavy atom. The first kappa shape index (κ1) is 10.8. The molecule has 2 nitrogen and oxygen atoms in total. The minimum absolute atomic E-state index is 0.824. The van der Waals surface area contributed by atoms with E-state index in [0.29, 0.717) is 0 Å². The molecule has 2 aromatic rings. The number of aromatic nitrogens is 1. The van der Waals surface area contributed by atoms with Crippen molar-refractivity contribution in [1.29, 1.82) is 0 Å². The van der Waals surface area contributed by atoms with Gasteiger partial charge in [-0.05, 0) is 62.9 Å².